The minimum absolute atomic E-state index is 0.0777. The number of aromatic nitrogens is 4. The minimum Gasteiger partial charge on any atom is -0.497 e. The smallest absolute Gasteiger partial charge is 0.280 e. The van der Waals surface area contributed by atoms with Gasteiger partial charge in [0.25, 0.3) is 5.56 Å². The number of thioether (sulfide) groups is 1. The molecule has 4 rings (SSSR count). The van der Waals surface area contributed by atoms with E-state index in [0.717, 1.165) is 16.9 Å². The van der Waals surface area contributed by atoms with Crippen LogP contribution in [0.4, 0.5) is 0 Å². The van der Waals surface area contributed by atoms with Crippen molar-refractivity contribution in [2.75, 3.05) is 7.11 Å². The number of nitrogens with zero attached hydrogens (tertiary/aromatic N) is 4. The van der Waals surface area contributed by atoms with Gasteiger partial charge in [-0.1, -0.05) is 54.2 Å². The Balaban J connectivity index is 1.70. The fraction of sp³-hybridized carbons (Fsp3) is 0.190. The highest BCUT2D eigenvalue weighted by Crippen LogP contribution is 2.24. The van der Waals surface area contributed by atoms with Crippen LogP contribution in [0.3, 0.4) is 0 Å². The molecule has 0 saturated carbocycles. The van der Waals surface area contributed by atoms with Crippen LogP contribution in [0.15, 0.2) is 70.7 Å². The Morgan fingerprint density at radius 2 is 1.79 bits per heavy atom. The maximum atomic E-state index is 13.2. The Labute approximate surface area is 166 Å². The van der Waals surface area contributed by atoms with E-state index in [4.69, 9.17) is 9.72 Å². The SMILES string of the molecule is COc1ccc(CSc2nc3cnn(C)c3c(=O)n2Cc2ccccc2)cc1. The van der Waals surface area contributed by atoms with Crippen LogP contribution in [-0.2, 0) is 19.3 Å². The van der Waals surface area contributed by atoms with Crippen LogP contribution in [-0.4, -0.2) is 26.4 Å². The van der Waals surface area contributed by atoms with Crippen molar-refractivity contribution in [1.29, 1.82) is 0 Å². The van der Waals surface area contributed by atoms with Gasteiger partial charge in [0.1, 0.15) is 11.3 Å². The molecule has 6 nitrogen and oxygen atoms in total. The topological polar surface area (TPSA) is 61.9 Å². The zero-order chi connectivity index (χ0) is 19.5. The number of hydrogen-bond donors (Lipinski definition) is 0. The molecule has 0 aliphatic heterocycles. The second-order valence-electron chi connectivity index (χ2n) is 6.41. The maximum Gasteiger partial charge on any atom is 0.280 e. The van der Waals surface area contributed by atoms with E-state index in [-0.39, 0.29) is 5.56 Å². The third-order valence-electron chi connectivity index (χ3n) is 4.52. The summed E-state index contributed by atoms with van der Waals surface area (Å²) in [6, 6.07) is 17.8. The maximum absolute atomic E-state index is 13.2. The average Bonchev–Trinajstić information content (AvgIpc) is 3.10. The largest absolute Gasteiger partial charge is 0.497 e. The summed E-state index contributed by atoms with van der Waals surface area (Å²) in [5, 5.41) is 4.89. The number of ether oxygens (including phenoxy) is 1. The van der Waals surface area contributed by atoms with Crippen molar-refractivity contribution in [3.05, 3.63) is 82.3 Å². The van der Waals surface area contributed by atoms with Crippen LogP contribution < -0.4 is 10.3 Å². The van der Waals surface area contributed by atoms with Crippen LogP contribution in [0.1, 0.15) is 11.1 Å². The predicted molar refractivity (Wildman–Crippen MR) is 111 cm³/mol. The molecule has 0 atom stereocenters. The quantitative estimate of drug-likeness (QED) is 0.371. The molecule has 7 heteroatoms. The summed E-state index contributed by atoms with van der Waals surface area (Å²) in [4.78, 5) is 17.9. The average molecular weight is 392 g/mol. The van der Waals surface area contributed by atoms with Gasteiger partial charge in [0.2, 0.25) is 0 Å². The predicted octanol–water partition coefficient (Wildman–Crippen LogP) is 3.48. The first-order valence-electron chi connectivity index (χ1n) is 8.88. The van der Waals surface area contributed by atoms with Crippen molar-refractivity contribution < 1.29 is 4.74 Å². The fourth-order valence-electron chi connectivity index (χ4n) is 3.02. The van der Waals surface area contributed by atoms with Gasteiger partial charge in [-0.25, -0.2) is 4.98 Å². The highest BCUT2D eigenvalue weighted by molar-refractivity contribution is 7.98. The molecule has 2 heterocycles. The standard InChI is InChI=1S/C21H20N4O2S/c1-24-19-18(12-22-24)23-21(28-14-16-8-10-17(27-2)11-9-16)25(20(19)26)13-15-6-4-3-5-7-15/h3-12H,13-14H2,1-2H3. The van der Waals surface area contributed by atoms with Crippen molar-refractivity contribution in [2.45, 2.75) is 17.5 Å². The first-order valence-corrected chi connectivity index (χ1v) is 9.86. The second kappa shape index (κ2) is 7.90. The normalized spacial score (nSPS) is 11.1. The van der Waals surface area contributed by atoms with Crippen molar-refractivity contribution in [2.24, 2.45) is 7.05 Å². The van der Waals surface area contributed by atoms with Gasteiger partial charge in [-0.15, -0.1) is 0 Å². The molecule has 2 aromatic heterocycles. The third-order valence-corrected chi connectivity index (χ3v) is 5.57. The van der Waals surface area contributed by atoms with Gasteiger partial charge in [-0.3, -0.25) is 14.0 Å². The second-order valence-corrected chi connectivity index (χ2v) is 7.35. The molecule has 0 amide bonds. The molecule has 28 heavy (non-hydrogen) atoms. The van der Waals surface area contributed by atoms with Crippen LogP contribution in [0.5, 0.6) is 5.75 Å². The Morgan fingerprint density at radius 3 is 2.50 bits per heavy atom. The Hall–Kier alpha value is -3.06. The lowest BCUT2D eigenvalue weighted by Crippen LogP contribution is -2.25. The molecule has 4 aromatic rings. The lowest BCUT2D eigenvalue weighted by atomic mass is 10.2. The summed E-state index contributed by atoms with van der Waals surface area (Å²) in [5.74, 6) is 1.53. The van der Waals surface area contributed by atoms with E-state index in [9.17, 15) is 4.79 Å². The van der Waals surface area contributed by atoms with E-state index in [1.54, 1.807) is 41.4 Å². The van der Waals surface area contributed by atoms with Gasteiger partial charge in [0.05, 0.1) is 19.9 Å². The van der Waals surface area contributed by atoms with Crippen LogP contribution in [0.25, 0.3) is 11.0 Å². The first kappa shape index (κ1) is 18.3. The van der Waals surface area contributed by atoms with E-state index in [0.29, 0.717) is 28.5 Å². The highest BCUT2D eigenvalue weighted by atomic mass is 32.2. The monoisotopic (exact) mass is 392 g/mol. The highest BCUT2D eigenvalue weighted by Gasteiger charge is 2.15. The molecule has 0 fully saturated rings. The van der Waals surface area contributed by atoms with Gasteiger partial charge in [0, 0.05) is 12.8 Å². The fourth-order valence-corrected chi connectivity index (χ4v) is 3.97. The lowest BCUT2D eigenvalue weighted by molar-refractivity contribution is 0.414. The van der Waals surface area contributed by atoms with Crippen LogP contribution in [0.2, 0.25) is 0 Å². The van der Waals surface area contributed by atoms with Crippen LogP contribution >= 0.6 is 11.8 Å². The van der Waals surface area contributed by atoms with E-state index in [2.05, 4.69) is 5.10 Å². The van der Waals surface area contributed by atoms with Gasteiger partial charge in [-0.05, 0) is 23.3 Å². The van der Waals surface area contributed by atoms with Gasteiger partial charge in [-0.2, -0.15) is 5.10 Å². The zero-order valence-electron chi connectivity index (χ0n) is 15.7. The summed E-state index contributed by atoms with van der Waals surface area (Å²) >= 11 is 1.55. The van der Waals surface area contributed by atoms with E-state index >= 15 is 0 Å². The lowest BCUT2D eigenvalue weighted by Gasteiger charge is -2.12. The molecule has 0 unspecified atom stereocenters. The van der Waals surface area contributed by atoms with E-state index in [1.807, 2.05) is 54.6 Å². The van der Waals surface area contributed by atoms with Crippen molar-refractivity contribution >= 4 is 22.8 Å². The summed E-state index contributed by atoms with van der Waals surface area (Å²) in [6.45, 7) is 0.471. The molecule has 0 aliphatic rings. The van der Waals surface area contributed by atoms with Crippen molar-refractivity contribution in [3.8, 4) is 5.75 Å². The first-order chi connectivity index (χ1) is 13.7. The minimum atomic E-state index is -0.0777. The number of methoxy groups -OCH3 is 1. The summed E-state index contributed by atoms with van der Waals surface area (Å²) < 4.78 is 8.53. The summed E-state index contributed by atoms with van der Waals surface area (Å²) in [7, 11) is 3.42. The molecule has 2 aromatic carbocycles. The number of fused-ring (bicyclic) bond motifs is 1. The molecule has 0 aliphatic carbocycles. The number of hydrogen-bond acceptors (Lipinski definition) is 5. The summed E-state index contributed by atoms with van der Waals surface area (Å²) in [6.07, 6.45) is 1.64. The van der Waals surface area contributed by atoms with Gasteiger partial charge in [0.15, 0.2) is 10.7 Å². The van der Waals surface area contributed by atoms with E-state index < -0.39 is 0 Å². The van der Waals surface area contributed by atoms with Gasteiger partial charge < -0.3 is 4.74 Å². The molecule has 0 spiro atoms. The van der Waals surface area contributed by atoms with Crippen LogP contribution in [0, 0.1) is 0 Å². The Morgan fingerprint density at radius 1 is 1.04 bits per heavy atom. The third kappa shape index (κ3) is 3.66. The molecular formula is C21H20N4O2S. The Bertz CT molecular complexity index is 1150. The molecule has 0 N–H and O–H groups in total. The number of benzene rings is 2. The number of rotatable bonds is 6. The van der Waals surface area contributed by atoms with E-state index in [1.165, 1.54) is 0 Å². The molecule has 0 saturated heterocycles. The van der Waals surface area contributed by atoms with Crippen molar-refractivity contribution in [3.63, 3.8) is 0 Å². The summed E-state index contributed by atoms with van der Waals surface area (Å²) in [5.41, 5.74) is 3.25. The number of aryl methyl sites for hydroxylation is 1. The molecule has 142 valence electrons. The van der Waals surface area contributed by atoms with Crippen molar-refractivity contribution in [1.82, 2.24) is 19.3 Å². The zero-order valence-corrected chi connectivity index (χ0v) is 16.5. The molecular weight excluding hydrogens is 372 g/mol. The molecule has 0 radical (unpaired) electrons. The molecule has 0 bridgehead atoms. The Kier molecular flexibility index (Phi) is 5.16. The van der Waals surface area contributed by atoms with Gasteiger partial charge >= 0.3 is 0 Å².